The van der Waals surface area contributed by atoms with Gasteiger partial charge in [-0.2, -0.15) is 0 Å². The first-order valence-corrected chi connectivity index (χ1v) is 8.04. The number of hydrogen-bond acceptors (Lipinski definition) is 4. The van der Waals surface area contributed by atoms with Gasteiger partial charge in [-0.1, -0.05) is 24.3 Å². The van der Waals surface area contributed by atoms with Crippen LogP contribution in [0.5, 0.6) is 0 Å². The lowest BCUT2D eigenvalue weighted by molar-refractivity contribution is 0.140. The number of aliphatic hydroxyl groups is 1. The van der Waals surface area contributed by atoms with Gasteiger partial charge in [0.05, 0.1) is 24.5 Å². The van der Waals surface area contributed by atoms with E-state index in [1.807, 2.05) is 30.3 Å². The van der Waals surface area contributed by atoms with E-state index in [1.54, 1.807) is 19.4 Å². The fourth-order valence-electron chi connectivity index (χ4n) is 3.10. The minimum Gasteiger partial charge on any atom is -0.467 e. The summed E-state index contributed by atoms with van der Waals surface area (Å²) < 4.78 is 10.5. The third kappa shape index (κ3) is 3.60. The van der Waals surface area contributed by atoms with Crippen molar-refractivity contribution in [2.45, 2.75) is 31.0 Å². The van der Waals surface area contributed by atoms with Gasteiger partial charge in [0.25, 0.3) is 0 Å². The van der Waals surface area contributed by atoms with Crippen molar-refractivity contribution in [1.29, 1.82) is 0 Å². The minimum atomic E-state index is -0.616. The van der Waals surface area contributed by atoms with Gasteiger partial charge in [0.15, 0.2) is 0 Å². The maximum Gasteiger partial charge on any atom is 0.315 e. The van der Waals surface area contributed by atoms with Crippen molar-refractivity contribution < 1.29 is 19.1 Å². The molecule has 24 heavy (non-hydrogen) atoms. The lowest BCUT2D eigenvalue weighted by Gasteiger charge is -2.21. The predicted octanol–water partition coefficient (Wildman–Crippen LogP) is 2.31. The molecule has 6 nitrogen and oxygen atoms in total. The Balaban J connectivity index is 1.66. The summed E-state index contributed by atoms with van der Waals surface area (Å²) in [5.74, 6) is 0.676. The fraction of sp³-hybridized carbons (Fsp3) is 0.389. The Hall–Kier alpha value is -2.31. The van der Waals surface area contributed by atoms with Crippen LogP contribution in [-0.4, -0.2) is 31.0 Å². The van der Waals surface area contributed by atoms with Gasteiger partial charge in [-0.15, -0.1) is 0 Å². The van der Waals surface area contributed by atoms with Crippen molar-refractivity contribution in [3.8, 4) is 0 Å². The van der Waals surface area contributed by atoms with Crippen LogP contribution in [0.3, 0.4) is 0 Å². The van der Waals surface area contributed by atoms with Gasteiger partial charge in [0.2, 0.25) is 0 Å². The van der Waals surface area contributed by atoms with E-state index in [-0.39, 0.29) is 12.1 Å². The molecule has 0 saturated carbocycles. The molecule has 3 atom stereocenters. The number of rotatable bonds is 6. The van der Waals surface area contributed by atoms with Gasteiger partial charge < -0.3 is 24.9 Å². The zero-order valence-electron chi connectivity index (χ0n) is 13.6. The molecule has 1 aromatic heterocycles. The lowest BCUT2D eigenvalue weighted by atomic mass is 10.1. The Bertz CT molecular complexity index is 671. The molecule has 0 saturated heterocycles. The van der Waals surface area contributed by atoms with Crippen LogP contribution in [0.25, 0.3) is 0 Å². The van der Waals surface area contributed by atoms with Gasteiger partial charge >= 0.3 is 6.03 Å². The molecule has 3 N–H and O–H groups in total. The Morgan fingerprint density at radius 2 is 2.21 bits per heavy atom. The highest BCUT2D eigenvalue weighted by molar-refractivity contribution is 5.75. The molecule has 2 aromatic rings. The van der Waals surface area contributed by atoms with Gasteiger partial charge in [-0.05, 0) is 29.7 Å². The molecule has 1 aliphatic rings. The number of aliphatic hydroxyl groups excluding tert-OH is 1. The fourth-order valence-corrected chi connectivity index (χ4v) is 3.10. The summed E-state index contributed by atoms with van der Waals surface area (Å²) in [6, 6.07) is 10.3. The average Bonchev–Trinajstić information content (AvgIpc) is 3.20. The maximum atomic E-state index is 12.4. The number of fused-ring (bicyclic) bond motifs is 1. The first kappa shape index (κ1) is 16.5. The number of carbonyl (C=O) groups excluding carboxylic acids is 1. The second-order valence-corrected chi connectivity index (χ2v) is 5.92. The predicted molar refractivity (Wildman–Crippen MR) is 88.5 cm³/mol. The molecule has 0 radical (unpaired) electrons. The summed E-state index contributed by atoms with van der Waals surface area (Å²) in [5.41, 5.74) is 2.03. The summed E-state index contributed by atoms with van der Waals surface area (Å²) in [4.78, 5) is 12.4. The molecule has 128 valence electrons. The Morgan fingerprint density at radius 1 is 1.38 bits per heavy atom. The van der Waals surface area contributed by atoms with Crippen LogP contribution in [0.15, 0.2) is 47.1 Å². The minimum absolute atomic E-state index is 0.284. The summed E-state index contributed by atoms with van der Waals surface area (Å²) in [6.45, 7) is 0.501. The molecular weight excluding hydrogens is 308 g/mol. The van der Waals surface area contributed by atoms with Crippen LogP contribution in [0.4, 0.5) is 4.79 Å². The van der Waals surface area contributed by atoms with E-state index in [9.17, 15) is 9.90 Å². The number of carbonyl (C=O) groups is 1. The molecule has 1 aromatic carbocycles. The average molecular weight is 330 g/mol. The summed E-state index contributed by atoms with van der Waals surface area (Å²) in [6.07, 6.45) is 2.11. The Labute approximate surface area is 140 Å². The molecule has 0 fully saturated rings. The maximum absolute atomic E-state index is 12.4. The smallest absolute Gasteiger partial charge is 0.315 e. The summed E-state index contributed by atoms with van der Waals surface area (Å²) in [5, 5.41) is 16.0. The number of nitrogens with one attached hydrogen (secondary N) is 2. The van der Waals surface area contributed by atoms with Gasteiger partial charge in [-0.3, -0.25) is 0 Å². The highest BCUT2D eigenvalue weighted by Crippen LogP contribution is 2.31. The zero-order chi connectivity index (χ0) is 16.9. The van der Waals surface area contributed by atoms with Crippen LogP contribution in [-0.2, 0) is 11.2 Å². The molecule has 6 heteroatoms. The third-order valence-electron chi connectivity index (χ3n) is 4.29. The number of urea groups is 1. The highest BCUT2D eigenvalue weighted by Gasteiger charge is 2.32. The molecule has 1 heterocycles. The second-order valence-electron chi connectivity index (χ2n) is 5.92. The Morgan fingerprint density at radius 3 is 2.96 bits per heavy atom. The van der Waals surface area contributed by atoms with E-state index in [2.05, 4.69) is 10.6 Å². The largest absolute Gasteiger partial charge is 0.467 e. The molecule has 2 amide bonds. The van der Waals surface area contributed by atoms with Crippen molar-refractivity contribution in [2.24, 2.45) is 0 Å². The standard InChI is InChI=1S/C18H22N2O4/c1-23-10-8-14(16-7-4-9-24-16)19-18(22)20-17-13-6-3-2-5-12(13)11-15(17)21/h2-7,9,14-15,17,21H,8,10-11H2,1H3,(H2,19,20,22)/t14?,15-,17+/m0/s1. The molecule has 1 aliphatic carbocycles. The van der Waals surface area contributed by atoms with Crippen LogP contribution >= 0.6 is 0 Å². The van der Waals surface area contributed by atoms with Crippen LogP contribution in [0, 0.1) is 0 Å². The summed E-state index contributed by atoms with van der Waals surface area (Å²) >= 11 is 0. The number of benzene rings is 1. The van der Waals surface area contributed by atoms with E-state index in [0.29, 0.717) is 25.2 Å². The van der Waals surface area contributed by atoms with E-state index < -0.39 is 12.1 Å². The zero-order valence-corrected chi connectivity index (χ0v) is 13.6. The number of ether oxygens (including phenoxy) is 1. The van der Waals surface area contributed by atoms with Gasteiger partial charge in [-0.25, -0.2) is 4.79 Å². The van der Waals surface area contributed by atoms with E-state index in [1.165, 1.54) is 0 Å². The number of furan rings is 1. The van der Waals surface area contributed by atoms with Crippen LogP contribution in [0.2, 0.25) is 0 Å². The number of hydrogen-bond donors (Lipinski definition) is 3. The second kappa shape index (κ2) is 7.51. The molecule has 3 rings (SSSR count). The molecule has 0 bridgehead atoms. The van der Waals surface area contributed by atoms with Crippen LogP contribution in [0.1, 0.15) is 35.4 Å². The van der Waals surface area contributed by atoms with Crippen LogP contribution < -0.4 is 10.6 Å². The normalized spacial score (nSPS) is 20.4. The van der Waals surface area contributed by atoms with Gasteiger partial charge in [0, 0.05) is 20.1 Å². The quantitative estimate of drug-likeness (QED) is 0.759. The highest BCUT2D eigenvalue weighted by atomic mass is 16.5. The third-order valence-corrected chi connectivity index (χ3v) is 4.29. The van der Waals surface area contributed by atoms with E-state index in [4.69, 9.17) is 9.15 Å². The van der Waals surface area contributed by atoms with Crippen molar-refractivity contribution >= 4 is 6.03 Å². The first-order chi connectivity index (χ1) is 11.7. The lowest BCUT2D eigenvalue weighted by Crippen LogP contribution is -2.42. The molecule has 0 spiro atoms. The first-order valence-electron chi connectivity index (χ1n) is 8.04. The van der Waals surface area contributed by atoms with Crippen molar-refractivity contribution in [3.63, 3.8) is 0 Å². The van der Waals surface area contributed by atoms with Gasteiger partial charge in [0.1, 0.15) is 5.76 Å². The monoisotopic (exact) mass is 330 g/mol. The number of amides is 2. The topological polar surface area (TPSA) is 83.7 Å². The molecule has 0 aliphatic heterocycles. The van der Waals surface area contributed by atoms with E-state index in [0.717, 1.165) is 11.1 Å². The van der Waals surface area contributed by atoms with E-state index >= 15 is 0 Å². The molecule has 1 unspecified atom stereocenters. The van der Waals surface area contributed by atoms with Crippen molar-refractivity contribution in [2.75, 3.05) is 13.7 Å². The summed E-state index contributed by atoms with van der Waals surface area (Å²) in [7, 11) is 1.62. The number of methoxy groups -OCH3 is 1. The van der Waals surface area contributed by atoms with Crippen molar-refractivity contribution in [3.05, 3.63) is 59.5 Å². The Kier molecular flexibility index (Phi) is 5.17. The SMILES string of the molecule is COCCC(NC(=O)N[C@@H]1c2ccccc2C[C@@H]1O)c1ccco1. The van der Waals surface area contributed by atoms with Crippen molar-refractivity contribution in [1.82, 2.24) is 10.6 Å². The molecular formula is C18H22N2O4.